The van der Waals surface area contributed by atoms with Gasteiger partial charge in [0, 0.05) is 5.69 Å². The smallest absolute Gasteiger partial charge is 0.238 e. The van der Waals surface area contributed by atoms with Crippen molar-refractivity contribution in [2.45, 2.75) is 32.2 Å². The van der Waals surface area contributed by atoms with Crippen LogP contribution in [0.3, 0.4) is 0 Å². The molecule has 0 fully saturated rings. The molecule has 1 heterocycles. The van der Waals surface area contributed by atoms with Crippen molar-refractivity contribution in [2.24, 2.45) is 0 Å². The lowest BCUT2D eigenvalue weighted by Crippen LogP contribution is -2.32. The van der Waals surface area contributed by atoms with Gasteiger partial charge in [0.15, 0.2) is 0 Å². The molecule has 0 aliphatic rings. The summed E-state index contributed by atoms with van der Waals surface area (Å²) >= 11 is 0. The second kappa shape index (κ2) is 9.19. The fraction of sp³-hybridized carbons (Fsp3) is 0.261. The van der Waals surface area contributed by atoms with E-state index in [2.05, 4.69) is 30.5 Å². The van der Waals surface area contributed by atoms with Gasteiger partial charge in [-0.2, -0.15) is 0 Å². The molecule has 0 aliphatic heterocycles. The molecule has 3 rings (SSSR count). The molecule has 2 N–H and O–H groups in total. The molecule has 0 bridgehead atoms. The van der Waals surface area contributed by atoms with Gasteiger partial charge in [0.25, 0.3) is 0 Å². The highest BCUT2D eigenvalue weighted by atomic mass is 16.3. The standard InChI is InChI=1S/C23H26N2O2/c1-3-17(2)19-12-7-8-13-20(19)25-22(26)16-24-23(21-14-9-15-27-21)18-10-5-4-6-11-18/h4-15,17,23-24H,3,16H2,1-2H3,(H,25,26)/t17-,23-/m0/s1. The number of amides is 1. The first-order valence-electron chi connectivity index (χ1n) is 9.39. The summed E-state index contributed by atoms with van der Waals surface area (Å²) in [6.07, 6.45) is 2.68. The molecule has 27 heavy (non-hydrogen) atoms. The van der Waals surface area contributed by atoms with E-state index in [9.17, 15) is 4.79 Å². The average Bonchev–Trinajstić information content (AvgIpc) is 3.23. The van der Waals surface area contributed by atoms with Crippen molar-refractivity contribution in [3.8, 4) is 0 Å². The number of hydrogen-bond acceptors (Lipinski definition) is 3. The second-order valence-corrected chi connectivity index (χ2v) is 6.68. The van der Waals surface area contributed by atoms with Crippen molar-refractivity contribution in [1.29, 1.82) is 0 Å². The van der Waals surface area contributed by atoms with Gasteiger partial charge in [-0.25, -0.2) is 0 Å². The predicted octanol–water partition coefficient (Wildman–Crippen LogP) is 5.11. The number of rotatable bonds is 8. The van der Waals surface area contributed by atoms with Crippen LogP contribution in [0.15, 0.2) is 77.4 Å². The van der Waals surface area contributed by atoms with Gasteiger partial charge in [0.2, 0.25) is 5.91 Å². The SMILES string of the molecule is CC[C@H](C)c1ccccc1NC(=O)CN[C@@H](c1ccccc1)c1ccco1. The van der Waals surface area contributed by atoms with Crippen LogP contribution in [0.1, 0.15) is 49.1 Å². The van der Waals surface area contributed by atoms with Crippen molar-refractivity contribution in [2.75, 3.05) is 11.9 Å². The lowest BCUT2D eigenvalue weighted by molar-refractivity contribution is -0.115. The summed E-state index contributed by atoms with van der Waals surface area (Å²) in [5.74, 6) is 1.11. The Hall–Kier alpha value is -2.85. The van der Waals surface area contributed by atoms with Crippen LogP contribution in [0.5, 0.6) is 0 Å². The molecule has 0 saturated heterocycles. The summed E-state index contributed by atoms with van der Waals surface area (Å²) in [6, 6.07) is 21.6. The van der Waals surface area contributed by atoms with Crippen LogP contribution >= 0.6 is 0 Å². The summed E-state index contributed by atoms with van der Waals surface area (Å²) in [5, 5.41) is 6.36. The van der Waals surface area contributed by atoms with Crippen molar-refractivity contribution < 1.29 is 9.21 Å². The monoisotopic (exact) mass is 362 g/mol. The lowest BCUT2D eigenvalue weighted by atomic mass is 9.97. The van der Waals surface area contributed by atoms with E-state index in [-0.39, 0.29) is 18.5 Å². The number of carbonyl (C=O) groups is 1. The Morgan fingerprint density at radius 2 is 1.74 bits per heavy atom. The van der Waals surface area contributed by atoms with E-state index in [1.807, 2.05) is 60.7 Å². The molecule has 140 valence electrons. The minimum Gasteiger partial charge on any atom is -0.467 e. The third-order valence-corrected chi connectivity index (χ3v) is 4.81. The number of para-hydroxylation sites is 1. The minimum absolute atomic E-state index is 0.0711. The highest BCUT2D eigenvalue weighted by molar-refractivity contribution is 5.93. The highest BCUT2D eigenvalue weighted by Crippen LogP contribution is 2.26. The maximum atomic E-state index is 12.6. The largest absolute Gasteiger partial charge is 0.467 e. The molecule has 3 aromatic rings. The second-order valence-electron chi connectivity index (χ2n) is 6.68. The van der Waals surface area contributed by atoms with Crippen molar-refractivity contribution >= 4 is 11.6 Å². The lowest BCUT2D eigenvalue weighted by Gasteiger charge is -2.18. The minimum atomic E-state index is -0.170. The van der Waals surface area contributed by atoms with Crippen LogP contribution in [0.2, 0.25) is 0 Å². The van der Waals surface area contributed by atoms with E-state index in [0.717, 1.165) is 23.4 Å². The van der Waals surface area contributed by atoms with E-state index in [4.69, 9.17) is 4.42 Å². The van der Waals surface area contributed by atoms with Gasteiger partial charge in [-0.3, -0.25) is 10.1 Å². The van der Waals surface area contributed by atoms with Crippen molar-refractivity contribution in [3.63, 3.8) is 0 Å². The van der Waals surface area contributed by atoms with Crippen LogP contribution in [-0.2, 0) is 4.79 Å². The number of nitrogens with one attached hydrogen (secondary N) is 2. The average molecular weight is 362 g/mol. The van der Waals surface area contributed by atoms with E-state index >= 15 is 0 Å². The summed E-state index contributed by atoms with van der Waals surface area (Å²) in [7, 11) is 0. The first-order chi connectivity index (χ1) is 13.2. The molecule has 0 spiro atoms. The zero-order valence-electron chi connectivity index (χ0n) is 15.8. The van der Waals surface area contributed by atoms with Gasteiger partial charge in [-0.1, -0.05) is 62.4 Å². The predicted molar refractivity (Wildman–Crippen MR) is 109 cm³/mol. The molecule has 0 aliphatic carbocycles. The molecule has 2 aromatic carbocycles. The van der Waals surface area contributed by atoms with Crippen molar-refractivity contribution in [1.82, 2.24) is 5.32 Å². The van der Waals surface area contributed by atoms with E-state index < -0.39 is 0 Å². The quantitative estimate of drug-likeness (QED) is 0.585. The van der Waals surface area contributed by atoms with Gasteiger partial charge in [0.1, 0.15) is 5.76 Å². The molecule has 1 amide bonds. The van der Waals surface area contributed by atoms with Crippen LogP contribution in [-0.4, -0.2) is 12.5 Å². The Bertz CT molecular complexity index is 844. The number of carbonyl (C=O) groups excluding carboxylic acids is 1. The number of anilines is 1. The Kier molecular flexibility index (Phi) is 6.44. The topological polar surface area (TPSA) is 54.3 Å². The summed E-state index contributed by atoms with van der Waals surface area (Å²) in [4.78, 5) is 12.6. The van der Waals surface area contributed by atoms with Crippen LogP contribution in [0.25, 0.3) is 0 Å². The maximum Gasteiger partial charge on any atom is 0.238 e. The van der Waals surface area contributed by atoms with Gasteiger partial charge in [-0.05, 0) is 41.7 Å². The molecule has 1 aromatic heterocycles. The first kappa shape index (κ1) is 18.9. The van der Waals surface area contributed by atoms with Gasteiger partial charge in [-0.15, -0.1) is 0 Å². The molecule has 4 heteroatoms. The Morgan fingerprint density at radius 3 is 2.44 bits per heavy atom. The number of hydrogen-bond donors (Lipinski definition) is 2. The summed E-state index contributed by atoms with van der Waals surface area (Å²) in [6.45, 7) is 4.51. The van der Waals surface area contributed by atoms with Crippen LogP contribution in [0.4, 0.5) is 5.69 Å². The van der Waals surface area contributed by atoms with Gasteiger partial charge >= 0.3 is 0 Å². The fourth-order valence-electron chi connectivity index (χ4n) is 3.13. The highest BCUT2D eigenvalue weighted by Gasteiger charge is 2.18. The van der Waals surface area contributed by atoms with Crippen LogP contribution < -0.4 is 10.6 Å². The Morgan fingerprint density at radius 1 is 1.00 bits per heavy atom. The molecule has 4 nitrogen and oxygen atoms in total. The van der Waals surface area contributed by atoms with Gasteiger partial charge in [0.05, 0.1) is 18.8 Å². The summed E-state index contributed by atoms with van der Waals surface area (Å²) < 4.78 is 5.57. The van der Waals surface area contributed by atoms with E-state index in [1.54, 1.807) is 6.26 Å². The third kappa shape index (κ3) is 4.86. The van der Waals surface area contributed by atoms with Crippen LogP contribution in [0, 0.1) is 0 Å². The number of benzene rings is 2. The van der Waals surface area contributed by atoms with Crippen molar-refractivity contribution in [3.05, 3.63) is 89.9 Å². The fourth-order valence-corrected chi connectivity index (χ4v) is 3.13. The van der Waals surface area contributed by atoms with E-state index in [0.29, 0.717) is 5.92 Å². The first-order valence-corrected chi connectivity index (χ1v) is 9.39. The molecule has 2 atom stereocenters. The molecule has 0 saturated carbocycles. The Labute approximate surface area is 160 Å². The molecule has 0 unspecified atom stereocenters. The number of furan rings is 1. The zero-order chi connectivity index (χ0) is 19.1. The normalized spacial score (nSPS) is 13.1. The zero-order valence-corrected chi connectivity index (χ0v) is 15.8. The molecular weight excluding hydrogens is 336 g/mol. The third-order valence-electron chi connectivity index (χ3n) is 4.81. The Balaban J connectivity index is 1.69. The maximum absolute atomic E-state index is 12.6. The molecule has 0 radical (unpaired) electrons. The van der Waals surface area contributed by atoms with E-state index in [1.165, 1.54) is 5.56 Å². The molecular formula is C23H26N2O2. The summed E-state index contributed by atoms with van der Waals surface area (Å²) in [5.41, 5.74) is 3.10. The van der Waals surface area contributed by atoms with Gasteiger partial charge < -0.3 is 9.73 Å².